The normalized spacial score (nSPS) is 21.4. The Bertz CT molecular complexity index is 500. The Morgan fingerprint density at radius 2 is 2.05 bits per heavy atom. The van der Waals surface area contributed by atoms with Crippen molar-refractivity contribution in [3.8, 4) is 0 Å². The zero-order valence-electron chi connectivity index (χ0n) is 12.9. The Kier molecular flexibility index (Phi) is 4.29. The van der Waals surface area contributed by atoms with Crippen LogP contribution in [0.2, 0.25) is 0 Å². The van der Waals surface area contributed by atoms with Gasteiger partial charge in [0.2, 0.25) is 0 Å². The van der Waals surface area contributed by atoms with Gasteiger partial charge in [-0.25, -0.2) is 0 Å². The molecule has 1 aromatic rings. The highest BCUT2D eigenvalue weighted by Crippen LogP contribution is 2.33. The van der Waals surface area contributed by atoms with Crippen LogP contribution in [0.3, 0.4) is 0 Å². The number of nitrogens with one attached hydrogen (secondary N) is 3. The van der Waals surface area contributed by atoms with Gasteiger partial charge in [-0.05, 0) is 18.3 Å². The highest BCUT2D eigenvalue weighted by atomic mass is 16.1. The van der Waals surface area contributed by atoms with Crippen LogP contribution in [0.4, 0.5) is 0 Å². The third kappa shape index (κ3) is 3.28. The Morgan fingerprint density at radius 1 is 1.29 bits per heavy atom. The van der Waals surface area contributed by atoms with Gasteiger partial charge in [-0.2, -0.15) is 5.10 Å². The largest absolute Gasteiger partial charge is 0.350 e. The Balaban J connectivity index is 1.62. The maximum absolute atomic E-state index is 12.4. The number of aromatic nitrogens is 2. The zero-order chi connectivity index (χ0) is 14.7. The van der Waals surface area contributed by atoms with Gasteiger partial charge in [0.25, 0.3) is 5.91 Å². The maximum Gasteiger partial charge on any atom is 0.272 e. The molecule has 5 nitrogen and oxygen atoms in total. The molecule has 3 N–H and O–H groups in total. The molecule has 2 heterocycles. The van der Waals surface area contributed by atoms with Crippen LogP contribution < -0.4 is 10.6 Å². The number of nitrogens with zero attached hydrogens (tertiary/aromatic N) is 1. The molecule has 2 aliphatic rings. The van der Waals surface area contributed by atoms with Crippen LogP contribution in [0.25, 0.3) is 0 Å². The lowest BCUT2D eigenvalue weighted by atomic mass is 9.82. The first-order valence-electron chi connectivity index (χ1n) is 8.23. The van der Waals surface area contributed by atoms with E-state index in [2.05, 4.69) is 27.8 Å². The second-order valence-electron chi connectivity index (χ2n) is 6.86. The molecule has 0 spiro atoms. The third-order valence-corrected chi connectivity index (χ3v) is 5.01. The standard InChI is InChI=1S/C16H26N4O/c1-16(7-4-2-3-5-8-16)11-18-15(21)14-12-10-17-9-6-13(12)19-20-14/h17H,2-11H2,1H3,(H,18,21)(H,19,20). The molecule has 21 heavy (non-hydrogen) atoms. The van der Waals surface area contributed by atoms with Crippen molar-refractivity contribution in [3.05, 3.63) is 17.0 Å². The molecule has 1 saturated carbocycles. The quantitative estimate of drug-likeness (QED) is 0.747. The van der Waals surface area contributed by atoms with Crippen molar-refractivity contribution in [1.29, 1.82) is 0 Å². The third-order valence-electron chi connectivity index (χ3n) is 5.01. The summed E-state index contributed by atoms with van der Waals surface area (Å²) in [6, 6.07) is 0. The number of carbonyl (C=O) groups is 1. The summed E-state index contributed by atoms with van der Waals surface area (Å²) in [5.41, 5.74) is 2.99. The van der Waals surface area contributed by atoms with Crippen LogP contribution in [0.1, 0.15) is 67.2 Å². The van der Waals surface area contributed by atoms with Gasteiger partial charge in [0.05, 0.1) is 0 Å². The minimum atomic E-state index is -0.0262. The lowest BCUT2D eigenvalue weighted by Crippen LogP contribution is -2.36. The Hall–Kier alpha value is -1.36. The second kappa shape index (κ2) is 6.18. The molecule has 0 saturated heterocycles. The minimum absolute atomic E-state index is 0.0262. The van der Waals surface area contributed by atoms with Crippen LogP contribution in [-0.4, -0.2) is 29.2 Å². The van der Waals surface area contributed by atoms with Crippen molar-refractivity contribution in [2.75, 3.05) is 13.1 Å². The molecule has 0 unspecified atom stereocenters. The molecule has 1 aliphatic carbocycles. The van der Waals surface area contributed by atoms with E-state index >= 15 is 0 Å². The van der Waals surface area contributed by atoms with Gasteiger partial charge in [-0.3, -0.25) is 9.89 Å². The summed E-state index contributed by atoms with van der Waals surface area (Å²) in [6.45, 7) is 4.77. The number of carbonyl (C=O) groups excluding carboxylic acids is 1. The van der Waals surface area contributed by atoms with Crippen molar-refractivity contribution in [2.24, 2.45) is 5.41 Å². The van der Waals surface area contributed by atoms with Crippen molar-refractivity contribution in [2.45, 2.75) is 58.4 Å². The fourth-order valence-corrected chi connectivity index (χ4v) is 3.55. The SMILES string of the molecule is CC1(CNC(=O)c2n[nH]c3c2CNCC3)CCCCCC1. The van der Waals surface area contributed by atoms with Gasteiger partial charge < -0.3 is 10.6 Å². The van der Waals surface area contributed by atoms with Crippen molar-refractivity contribution in [3.63, 3.8) is 0 Å². The van der Waals surface area contributed by atoms with Gasteiger partial charge in [-0.1, -0.05) is 32.6 Å². The second-order valence-corrected chi connectivity index (χ2v) is 6.86. The number of amides is 1. The van der Waals surface area contributed by atoms with Crippen LogP contribution >= 0.6 is 0 Å². The smallest absolute Gasteiger partial charge is 0.272 e. The van der Waals surface area contributed by atoms with Gasteiger partial charge in [0, 0.05) is 37.3 Å². The highest BCUT2D eigenvalue weighted by Gasteiger charge is 2.28. The first kappa shape index (κ1) is 14.6. The summed E-state index contributed by atoms with van der Waals surface area (Å²) in [5.74, 6) is -0.0262. The number of aromatic amines is 1. The molecule has 1 amide bonds. The summed E-state index contributed by atoms with van der Waals surface area (Å²) >= 11 is 0. The zero-order valence-corrected chi connectivity index (χ0v) is 12.9. The van der Waals surface area contributed by atoms with Crippen molar-refractivity contribution in [1.82, 2.24) is 20.8 Å². The molecule has 0 atom stereocenters. The molecule has 1 aliphatic heterocycles. The van der Waals surface area contributed by atoms with Crippen molar-refractivity contribution >= 4 is 5.91 Å². The summed E-state index contributed by atoms with van der Waals surface area (Å²) in [5, 5.41) is 13.7. The van der Waals surface area contributed by atoms with Gasteiger partial charge in [0.1, 0.15) is 0 Å². The molecular weight excluding hydrogens is 264 g/mol. The summed E-state index contributed by atoms with van der Waals surface area (Å²) in [6.07, 6.45) is 8.60. The lowest BCUT2D eigenvalue weighted by molar-refractivity contribution is 0.0922. The van der Waals surface area contributed by atoms with E-state index in [1.54, 1.807) is 0 Å². The average Bonchev–Trinajstić information content (AvgIpc) is 2.81. The predicted octanol–water partition coefficient (Wildman–Crippen LogP) is 2.15. The maximum atomic E-state index is 12.4. The summed E-state index contributed by atoms with van der Waals surface area (Å²) in [4.78, 5) is 12.4. The van der Waals surface area contributed by atoms with Crippen LogP contribution in [0.15, 0.2) is 0 Å². The van der Waals surface area contributed by atoms with E-state index in [9.17, 15) is 4.79 Å². The predicted molar refractivity (Wildman–Crippen MR) is 82.1 cm³/mol. The lowest BCUT2D eigenvalue weighted by Gasteiger charge is -2.28. The molecule has 1 fully saturated rings. The molecule has 3 rings (SSSR count). The van der Waals surface area contributed by atoms with Gasteiger partial charge in [0.15, 0.2) is 5.69 Å². The van der Waals surface area contributed by atoms with E-state index in [0.717, 1.165) is 37.3 Å². The first-order chi connectivity index (χ1) is 10.2. The van der Waals surface area contributed by atoms with Gasteiger partial charge in [-0.15, -0.1) is 0 Å². The molecule has 0 bridgehead atoms. The number of hydrogen-bond acceptors (Lipinski definition) is 3. The number of rotatable bonds is 3. The van der Waals surface area contributed by atoms with E-state index in [0.29, 0.717) is 5.69 Å². The molecule has 5 heteroatoms. The van der Waals surface area contributed by atoms with E-state index in [4.69, 9.17) is 0 Å². The highest BCUT2D eigenvalue weighted by molar-refractivity contribution is 5.94. The van der Waals surface area contributed by atoms with Crippen molar-refractivity contribution < 1.29 is 4.79 Å². The topological polar surface area (TPSA) is 69.8 Å². The minimum Gasteiger partial charge on any atom is -0.350 e. The van der Waals surface area contributed by atoms with Crippen LogP contribution in [-0.2, 0) is 13.0 Å². The fourth-order valence-electron chi connectivity index (χ4n) is 3.55. The van der Waals surface area contributed by atoms with Crippen LogP contribution in [0, 0.1) is 5.41 Å². The average molecular weight is 290 g/mol. The van der Waals surface area contributed by atoms with E-state index in [-0.39, 0.29) is 11.3 Å². The number of fused-ring (bicyclic) bond motifs is 1. The Labute approximate surface area is 126 Å². The molecule has 0 aromatic carbocycles. The molecule has 1 aromatic heterocycles. The van der Waals surface area contributed by atoms with Gasteiger partial charge >= 0.3 is 0 Å². The molecule has 116 valence electrons. The fraction of sp³-hybridized carbons (Fsp3) is 0.750. The summed E-state index contributed by atoms with van der Waals surface area (Å²) in [7, 11) is 0. The van der Waals surface area contributed by atoms with E-state index in [1.165, 1.54) is 38.5 Å². The monoisotopic (exact) mass is 290 g/mol. The number of hydrogen-bond donors (Lipinski definition) is 3. The Morgan fingerprint density at radius 3 is 2.81 bits per heavy atom. The number of H-pyrrole nitrogens is 1. The first-order valence-corrected chi connectivity index (χ1v) is 8.23. The van der Waals surface area contributed by atoms with E-state index in [1.807, 2.05) is 0 Å². The molecule has 0 radical (unpaired) electrons. The van der Waals surface area contributed by atoms with Crippen LogP contribution in [0.5, 0.6) is 0 Å². The summed E-state index contributed by atoms with van der Waals surface area (Å²) < 4.78 is 0. The van der Waals surface area contributed by atoms with E-state index < -0.39 is 0 Å². The molecular formula is C16H26N4O.